The number of aryl methyl sites for hydroxylation is 1. The zero-order valence-electron chi connectivity index (χ0n) is 5.84. The van der Waals surface area contributed by atoms with Crippen LogP contribution in [0, 0.1) is 3.70 Å². The van der Waals surface area contributed by atoms with Crippen LogP contribution in [0.15, 0.2) is 12.1 Å². The Morgan fingerprint density at radius 2 is 2.20 bits per heavy atom. The van der Waals surface area contributed by atoms with Crippen LogP contribution in [0.3, 0.4) is 0 Å². The summed E-state index contributed by atoms with van der Waals surface area (Å²) >= 11 is 2.15. The fourth-order valence-corrected chi connectivity index (χ4v) is 1.02. The van der Waals surface area contributed by atoms with Crippen molar-refractivity contribution < 1.29 is 0 Å². The highest BCUT2D eigenvalue weighted by Crippen LogP contribution is 2.00. The standard InChI is InChI=1S/C6H8BIN2/c7-4-3-5-1-2-6(8)10-9-5/h1-2H,3-4,7H2. The maximum absolute atomic E-state index is 4.01. The van der Waals surface area contributed by atoms with Gasteiger partial charge in [-0.3, -0.25) is 0 Å². The van der Waals surface area contributed by atoms with Crippen molar-refractivity contribution >= 4 is 30.4 Å². The Bertz CT molecular complexity index is 199. The lowest BCUT2D eigenvalue weighted by Crippen LogP contribution is -1.93. The summed E-state index contributed by atoms with van der Waals surface area (Å²) in [5, 5.41) is 7.94. The molecule has 1 heterocycles. The van der Waals surface area contributed by atoms with Crippen LogP contribution in [-0.4, -0.2) is 18.0 Å². The summed E-state index contributed by atoms with van der Waals surface area (Å²) < 4.78 is 0.956. The minimum Gasteiger partial charge on any atom is -0.155 e. The van der Waals surface area contributed by atoms with Crippen molar-refractivity contribution in [1.29, 1.82) is 0 Å². The highest BCUT2D eigenvalue weighted by Gasteiger charge is 1.92. The molecule has 0 amide bonds. The molecule has 0 aliphatic heterocycles. The molecular formula is C6H8BIN2. The lowest BCUT2D eigenvalue weighted by atomic mass is 10.0. The van der Waals surface area contributed by atoms with E-state index in [4.69, 9.17) is 0 Å². The maximum Gasteiger partial charge on any atom is 0.124 e. The van der Waals surface area contributed by atoms with Gasteiger partial charge in [0.25, 0.3) is 0 Å². The first kappa shape index (κ1) is 7.98. The van der Waals surface area contributed by atoms with Crippen molar-refractivity contribution in [3.63, 3.8) is 0 Å². The van der Waals surface area contributed by atoms with E-state index in [-0.39, 0.29) is 0 Å². The molecule has 1 rings (SSSR count). The van der Waals surface area contributed by atoms with Gasteiger partial charge in [-0.2, -0.15) is 5.10 Å². The molecule has 10 heavy (non-hydrogen) atoms. The number of rotatable bonds is 2. The SMILES string of the molecule is BCCc1ccc(I)nn1. The first-order chi connectivity index (χ1) is 4.83. The molecule has 0 aromatic carbocycles. The molecule has 0 N–H and O–H groups in total. The first-order valence-corrected chi connectivity index (χ1v) is 4.39. The van der Waals surface area contributed by atoms with Crippen LogP contribution in [0.1, 0.15) is 5.69 Å². The van der Waals surface area contributed by atoms with E-state index >= 15 is 0 Å². The molecule has 2 nitrogen and oxygen atoms in total. The molecule has 0 spiro atoms. The van der Waals surface area contributed by atoms with Gasteiger partial charge in [-0.05, 0) is 41.1 Å². The van der Waals surface area contributed by atoms with Crippen molar-refractivity contribution in [3.05, 3.63) is 21.5 Å². The normalized spacial score (nSPS) is 9.70. The molecule has 0 aliphatic carbocycles. The van der Waals surface area contributed by atoms with E-state index in [0.29, 0.717) is 0 Å². The Hall–Kier alpha value is -0.125. The van der Waals surface area contributed by atoms with Crippen LogP contribution in [0.4, 0.5) is 0 Å². The molecule has 0 unspecified atom stereocenters. The molecular weight excluding hydrogens is 238 g/mol. The third kappa shape index (κ3) is 2.25. The topological polar surface area (TPSA) is 25.8 Å². The Morgan fingerprint density at radius 1 is 1.40 bits per heavy atom. The summed E-state index contributed by atoms with van der Waals surface area (Å²) in [6.45, 7) is 0. The fourth-order valence-electron chi connectivity index (χ4n) is 0.733. The summed E-state index contributed by atoms with van der Waals surface area (Å²) in [5.74, 6) is 0. The van der Waals surface area contributed by atoms with Crippen LogP contribution >= 0.6 is 22.6 Å². The minimum absolute atomic E-state index is 0.956. The quantitative estimate of drug-likeness (QED) is 0.566. The molecule has 52 valence electrons. The number of aromatic nitrogens is 2. The second kappa shape index (κ2) is 3.90. The average Bonchev–Trinajstić information content (AvgIpc) is 1.95. The zero-order valence-corrected chi connectivity index (χ0v) is 8.00. The van der Waals surface area contributed by atoms with E-state index in [1.807, 2.05) is 12.1 Å². The van der Waals surface area contributed by atoms with Crippen LogP contribution in [-0.2, 0) is 6.42 Å². The Balaban J connectivity index is 2.69. The van der Waals surface area contributed by atoms with Crippen LogP contribution in [0.2, 0.25) is 6.32 Å². The molecule has 0 saturated carbocycles. The Morgan fingerprint density at radius 3 is 2.70 bits per heavy atom. The number of hydrogen-bond donors (Lipinski definition) is 0. The molecule has 0 radical (unpaired) electrons. The molecule has 0 saturated heterocycles. The van der Waals surface area contributed by atoms with Gasteiger partial charge < -0.3 is 0 Å². The highest BCUT2D eigenvalue weighted by molar-refractivity contribution is 14.1. The van der Waals surface area contributed by atoms with Gasteiger partial charge in [-0.15, -0.1) is 5.10 Å². The van der Waals surface area contributed by atoms with E-state index in [0.717, 1.165) is 22.1 Å². The largest absolute Gasteiger partial charge is 0.155 e. The summed E-state index contributed by atoms with van der Waals surface area (Å²) in [6, 6.07) is 4.01. The third-order valence-corrected chi connectivity index (χ3v) is 1.77. The first-order valence-electron chi connectivity index (χ1n) is 3.31. The van der Waals surface area contributed by atoms with E-state index < -0.39 is 0 Å². The third-order valence-electron chi connectivity index (χ3n) is 1.19. The maximum atomic E-state index is 4.01. The predicted molar refractivity (Wildman–Crippen MR) is 51.8 cm³/mol. The van der Waals surface area contributed by atoms with Gasteiger partial charge in [0.05, 0.1) is 5.69 Å². The summed E-state index contributed by atoms with van der Waals surface area (Å²) in [6.07, 6.45) is 2.17. The van der Waals surface area contributed by atoms with E-state index in [2.05, 4.69) is 40.6 Å². The van der Waals surface area contributed by atoms with Gasteiger partial charge in [0, 0.05) is 0 Å². The van der Waals surface area contributed by atoms with E-state index in [1.54, 1.807) is 0 Å². The van der Waals surface area contributed by atoms with Gasteiger partial charge in [-0.25, -0.2) is 0 Å². The fraction of sp³-hybridized carbons (Fsp3) is 0.333. The molecule has 4 heteroatoms. The van der Waals surface area contributed by atoms with E-state index in [9.17, 15) is 0 Å². The lowest BCUT2D eigenvalue weighted by molar-refractivity contribution is 0.902. The molecule has 0 bridgehead atoms. The van der Waals surface area contributed by atoms with Gasteiger partial charge >= 0.3 is 0 Å². The van der Waals surface area contributed by atoms with Gasteiger partial charge in [0.1, 0.15) is 11.5 Å². The summed E-state index contributed by atoms with van der Waals surface area (Å²) in [5.41, 5.74) is 1.09. The van der Waals surface area contributed by atoms with Crippen LogP contribution in [0.25, 0.3) is 0 Å². The smallest absolute Gasteiger partial charge is 0.124 e. The minimum atomic E-state index is 0.956. The van der Waals surface area contributed by atoms with Crippen molar-refractivity contribution in [2.24, 2.45) is 0 Å². The van der Waals surface area contributed by atoms with Crippen molar-refractivity contribution in [2.45, 2.75) is 12.7 Å². The van der Waals surface area contributed by atoms with Gasteiger partial charge in [0.2, 0.25) is 0 Å². The molecule has 0 fully saturated rings. The number of nitrogens with zero attached hydrogens (tertiary/aromatic N) is 2. The second-order valence-electron chi connectivity index (χ2n) is 2.10. The molecule has 1 aromatic heterocycles. The number of halogens is 1. The molecule has 0 atom stereocenters. The zero-order chi connectivity index (χ0) is 7.40. The second-order valence-corrected chi connectivity index (χ2v) is 3.20. The number of hydrogen-bond acceptors (Lipinski definition) is 2. The van der Waals surface area contributed by atoms with E-state index in [1.165, 1.54) is 0 Å². The summed E-state index contributed by atoms with van der Waals surface area (Å²) in [4.78, 5) is 0. The van der Waals surface area contributed by atoms with Crippen molar-refractivity contribution in [3.8, 4) is 0 Å². The molecule has 1 aromatic rings. The van der Waals surface area contributed by atoms with Crippen molar-refractivity contribution in [1.82, 2.24) is 10.2 Å². The average molecular weight is 246 g/mol. The molecule has 0 aliphatic rings. The van der Waals surface area contributed by atoms with Gasteiger partial charge in [-0.1, -0.05) is 6.32 Å². The van der Waals surface area contributed by atoms with Gasteiger partial charge in [0.15, 0.2) is 0 Å². The Labute approximate surface area is 75.0 Å². The van der Waals surface area contributed by atoms with Crippen molar-refractivity contribution in [2.75, 3.05) is 0 Å². The van der Waals surface area contributed by atoms with Crippen LogP contribution < -0.4 is 0 Å². The Kier molecular flexibility index (Phi) is 3.11. The monoisotopic (exact) mass is 246 g/mol. The predicted octanol–water partition coefficient (Wildman–Crippen LogP) is 0.675. The van der Waals surface area contributed by atoms with Crippen LogP contribution in [0.5, 0.6) is 0 Å². The lowest BCUT2D eigenvalue weighted by Gasteiger charge is -1.93. The highest BCUT2D eigenvalue weighted by atomic mass is 127. The summed E-state index contributed by atoms with van der Waals surface area (Å²) in [7, 11) is 2.14.